The predicted octanol–water partition coefficient (Wildman–Crippen LogP) is 0.00650. The summed E-state index contributed by atoms with van der Waals surface area (Å²) in [6.45, 7) is 2.34. The Kier molecular flexibility index (Phi) is 3.23. The summed E-state index contributed by atoms with van der Waals surface area (Å²) in [7, 11) is 0. The number of piperidine rings is 1. The molecule has 0 aromatic heterocycles. The first-order valence-electron chi connectivity index (χ1n) is 2.86. The average molecular weight is 171 g/mol. The summed E-state index contributed by atoms with van der Waals surface area (Å²) in [5.74, 6) is 1.69. The van der Waals surface area contributed by atoms with Gasteiger partial charge >= 0.3 is 0 Å². The van der Waals surface area contributed by atoms with Gasteiger partial charge in [-0.05, 0) is 24.9 Å². The summed E-state index contributed by atoms with van der Waals surface area (Å²) in [6.07, 6.45) is 0. The van der Waals surface area contributed by atoms with Crippen molar-refractivity contribution in [2.45, 2.75) is 6.04 Å². The molecule has 2 aliphatic rings. The number of hydrogen-bond donors (Lipinski definition) is 2. The van der Waals surface area contributed by atoms with E-state index in [1.165, 1.54) is 13.1 Å². The molecule has 1 unspecified atom stereocenters. The lowest BCUT2D eigenvalue weighted by atomic mass is 10.4. The molecule has 0 bridgehead atoms. The number of fused-ring (bicyclic) bond motifs is 1. The highest BCUT2D eigenvalue weighted by Gasteiger charge is 2.50. The summed E-state index contributed by atoms with van der Waals surface area (Å²) < 4.78 is 0. The molecule has 9 heavy (non-hydrogen) atoms. The molecule has 2 rings (SSSR count). The molecule has 0 aromatic carbocycles. The number of nitrogens with two attached hydrogens (primary N) is 1. The van der Waals surface area contributed by atoms with Gasteiger partial charge in [0.2, 0.25) is 0 Å². The molecule has 3 atom stereocenters. The second-order valence-corrected chi connectivity index (χ2v) is 2.56. The van der Waals surface area contributed by atoms with E-state index in [0.717, 1.165) is 11.8 Å². The Balaban J connectivity index is 0.000000320. The number of rotatable bonds is 0. The fourth-order valence-corrected chi connectivity index (χ4v) is 1.47. The second-order valence-electron chi connectivity index (χ2n) is 2.56. The van der Waals surface area contributed by atoms with Crippen molar-refractivity contribution in [3.05, 3.63) is 0 Å². The first kappa shape index (κ1) is 9.50. The summed E-state index contributed by atoms with van der Waals surface area (Å²) in [5, 5.41) is 3.27. The maximum Gasteiger partial charge on any atom is 0.0127 e. The lowest BCUT2D eigenvalue weighted by Gasteiger charge is -1.94. The molecule has 0 radical (unpaired) electrons. The second kappa shape index (κ2) is 3.06. The molecule has 56 valence electrons. The minimum atomic E-state index is 0. The van der Waals surface area contributed by atoms with E-state index in [4.69, 9.17) is 5.73 Å². The molecular formula is C5H12Cl2N2. The molecule has 1 saturated carbocycles. The van der Waals surface area contributed by atoms with Crippen molar-refractivity contribution in [2.24, 2.45) is 17.6 Å². The zero-order chi connectivity index (χ0) is 4.85. The Morgan fingerprint density at radius 3 is 1.78 bits per heavy atom. The van der Waals surface area contributed by atoms with Gasteiger partial charge in [-0.3, -0.25) is 0 Å². The van der Waals surface area contributed by atoms with Crippen LogP contribution < -0.4 is 11.1 Å². The van der Waals surface area contributed by atoms with E-state index in [9.17, 15) is 0 Å². The van der Waals surface area contributed by atoms with Gasteiger partial charge in [0.25, 0.3) is 0 Å². The zero-order valence-electron chi connectivity index (χ0n) is 5.04. The Morgan fingerprint density at radius 1 is 1.11 bits per heavy atom. The fraction of sp³-hybridized carbons (Fsp3) is 1.00. The molecule has 1 aliphatic carbocycles. The monoisotopic (exact) mass is 170 g/mol. The first-order valence-corrected chi connectivity index (χ1v) is 2.86. The van der Waals surface area contributed by atoms with Crippen molar-refractivity contribution < 1.29 is 0 Å². The summed E-state index contributed by atoms with van der Waals surface area (Å²) >= 11 is 0. The molecule has 0 aromatic rings. The van der Waals surface area contributed by atoms with Crippen LogP contribution in [0.15, 0.2) is 0 Å². The van der Waals surface area contributed by atoms with E-state index in [1.807, 2.05) is 0 Å². The molecule has 0 spiro atoms. The van der Waals surface area contributed by atoms with E-state index in [2.05, 4.69) is 5.32 Å². The molecule has 1 heterocycles. The quantitative estimate of drug-likeness (QED) is 0.538. The molecule has 1 saturated heterocycles. The van der Waals surface area contributed by atoms with E-state index >= 15 is 0 Å². The van der Waals surface area contributed by atoms with Gasteiger partial charge in [0.1, 0.15) is 0 Å². The van der Waals surface area contributed by atoms with Gasteiger partial charge in [-0.25, -0.2) is 0 Å². The van der Waals surface area contributed by atoms with Crippen molar-refractivity contribution in [1.82, 2.24) is 5.32 Å². The summed E-state index contributed by atoms with van der Waals surface area (Å²) in [4.78, 5) is 0. The lowest BCUT2D eigenvalue weighted by Crippen LogP contribution is -2.21. The highest BCUT2D eigenvalue weighted by Crippen LogP contribution is 2.39. The van der Waals surface area contributed by atoms with Crippen LogP contribution >= 0.6 is 24.8 Å². The van der Waals surface area contributed by atoms with Crippen LogP contribution in [-0.4, -0.2) is 19.1 Å². The zero-order valence-corrected chi connectivity index (χ0v) is 6.67. The van der Waals surface area contributed by atoms with Crippen molar-refractivity contribution in [3.63, 3.8) is 0 Å². The summed E-state index contributed by atoms with van der Waals surface area (Å²) in [5.41, 5.74) is 5.63. The van der Waals surface area contributed by atoms with Gasteiger partial charge in [-0.15, -0.1) is 24.8 Å². The standard InChI is InChI=1S/C5H10N2.2ClH/c6-5-3-1-7-2-4(3)5;;/h3-5,7H,1-2,6H2;2*1H/t3-,4+,5?;;. The molecule has 4 heteroatoms. The molecule has 2 nitrogen and oxygen atoms in total. The Labute approximate surface area is 67.4 Å². The van der Waals surface area contributed by atoms with Crippen molar-refractivity contribution in [3.8, 4) is 0 Å². The van der Waals surface area contributed by atoms with Gasteiger partial charge in [0, 0.05) is 6.04 Å². The van der Waals surface area contributed by atoms with Crippen LogP contribution in [0.4, 0.5) is 0 Å². The minimum absolute atomic E-state index is 0. The number of nitrogens with one attached hydrogen (secondary N) is 1. The Morgan fingerprint density at radius 2 is 1.56 bits per heavy atom. The third-order valence-corrected chi connectivity index (χ3v) is 2.16. The fourth-order valence-electron chi connectivity index (χ4n) is 1.47. The van der Waals surface area contributed by atoms with E-state index < -0.39 is 0 Å². The van der Waals surface area contributed by atoms with Crippen LogP contribution in [0.25, 0.3) is 0 Å². The van der Waals surface area contributed by atoms with Crippen LogP contribution in [0.3, 0.4) is 0 Å². The third kappa shape index (κ3) is 1.32. The highest BCUT2D eigenvalue weighted by atomic mass is 35.5. The van der Waals surface area contributed by atoms with Gasteiger partial charge in [-0.2, -0.15) is 0 Å². The van der Waals surface area contributed by atoms with Gasteiger partial charge in [0.15, 0.2) is 0 Å². The average Bonchev–Trinajstić information content (AvgIpc) is 2.26. The number of halogens is 2. The van der Waals surface area contributed by atoms with Crippen molar-refractivity contribution in [2.75, 3.05) is 13.1 Å². The first-order chi connectivity index (χ1) is 3.39. The molecule has 0 amide bonds. The van der Waals surface area contributed by atoms with Crippen LogP contribution in [0.1, 0.15) is 0 Å². The Bertz CT molecular complexity index is 89.0. The maximum absolute atomic E-state index is 5.63. The van der Waals surface area contributed by atoms with Crippen LogP contribution in [0.5, 0.6) is 0 Å². The van der Waals surface area contributed by atoms with E-state index in [0.29, 0.717) is 6.04 Å². The third-order valence-electron chi connectivity index (χ3n) is 2.16. The van der Waals surface area contributed by atoms with Gasteiger partial charge < -0.3 is 11.1 Å². The van der Waals surface area contributed by atoms with Crippen molar-refractivity contribution in [1.29, 1.82) is 0 Å². The molecule has 3 N–H and O–H groups in total. The van der Waals surface area contributed by atoms with E-state index in [1.54, 1.807) is 0 Å². The molecule has 2 fully saturated rings. The largest absolute Gasteiger partial charge is 0.327 e. The van der Waals surface area contributed by atoms with Gasteiger partial charge in [-0.1, -0.05) is 0 Å². The van der Waals surface area contributed by atoms with Crippen LogP contribution in [0.2, 0.25) is 0 Å². The SMILES string of the molecule is Cl.Cl.NC1[C@H]2CNC[C@@H]12. The molecular weight excluding hydrogens is 159 g/mol. The Hall–Kier alpha value is 0.500. The normalized spacial score (nSPS) is 44.3. The van der Waals surface area contributed by atoms with Crippen LogP contribution in [-0.2, 0) is 0 Å². The highest BCUT2D eigenvalue weighted by molar-refractivity contribution is 5.85. The minimum Gasteiger partial charge on any atom is -0.327 e. The maximum atomic E-state index is 5.63. The van der Waals surface area contributed by atoms with Crippen LogP contribution in [0, 0.1) is 11.8 Å². The topological polar surface area (TPSA) is 38.0 Å². The van der Waals surface area contributed by atoms with Crippen molar-refractivity contribution >= 4 is 24.8 Å². The van der Waals surface area contributed by atoms with E-state index in [-0.39, 0.29) is 24.8 Å². The smallest absolute Gasteiger partial charge is 0.0127 e. The predicted molar refractivity (Wildman–Crippen MR) is 42.3 cm³/mol. The lowest BCUT2D eigenvalue weighted by molar-refractivity contribution is 0.677. The van der Waals surface area contributed by atoms with Gasteiger partial charge in [0.05, 0.1) is 0 Å². The molecule has 1 aliphatic heterocycles. The number of hydrogen-bond acceptors (Lipinski definition) is 2. The summed E-state index contributed by atoms with van der Waals surface area (Å²) in [6, 6.07) is 0.557.